The molecule has 1 amide bonds. The Morgan fingerprint density at radius 2 is 1.95 bits per heavy atom. The highest BCUT2D eigenvalue weighted by Crippen LogP contribution is 2.57. The van der Waals surface area contributed by atoms with Crippen LogP contribution in [0.3, 0.4) is 0 Å². The van der Waals surface area contributed by atoms with Gasteiger partial charge in [0.2, 0.25) is 5.91 Å². The molecular formula is C27H28F2N6O3. The maximum atomic E-state index is 13.1. The SMILES string of the molecule is C=Cn1nc(-c2c[nH]c(=O)[nH]c2=O)cc(C2CC2)c1=NC.CC(F)(F)CN1C(=O)C2(CC2)c2ccccc21. The number of carbonyl (C=O) groups excluding carboxylic acids is 1. The van der Waals surface area contributed by atoms with E-state index < -0.39 is 29.1 Å². The number of hydrogen-bond acceptors (Lipinski definition) is 5. The maximum absolute atomic E-state index is 13.1. The van der Waals surface area contributed by atoms with E-state index >= 15 is 0 Å². The van der Waals surface area contributed by atoms with E-state index in [0.717, 1.165) is 49.2 Å². The van der Waals surface area contributed by atoms with Crippen molar-refractivity contribution in [3.8, 4) is 11.3 Å². The van der Waals surface area contributed by atoms with Gasteiger partial charge in [-0.15, -0.1) is 0 Å². The number of para-hydroxylation sites is 1. The summed E-state index contributed by atoms with van der Waals surface area (Å²) in [5.41, 5.74) is 2.71. The molecule has 3 aromatic rings. The molecule has 3 heterocycles. The quantitative estimate of drug-likeness (QED) is 0.536. The first kappa shape index (κ1) is 25.5. The summed E-state index contributed by atoms with van der Waals surface area (Å²) >= 11 is 0. The van der Waals surface area contributed by atoms with Gasteiger partial charge >= 0.3 is 5.69 Å². The van der Waals surface area contributed by atoms with E-state index in [4.69, 9.17) is 0 Å². The summed E-state index contributed by atoms with van der Waals surface area (Å²) in [6.45, 7) is 4.05. The molecule has 0 atom stereocenters. The van der Waals surface area contributed by atoms with Crippen LogP contribution in [0.4, 0.5) is 14.5 Å². The van der Waals surface area contributed by atoms with Crippen LogP contribution in [0.5, 0.6) is 0 Å². The van der Waals surface area contributed by atoms with Gasteiger partial charge in [-0.25, -0.2) is 18.3 Å². The van der Waals surface area contributed by atoms with Crippen molar-refractivity contribution >= 4 is 17.8 Å². The van der Waals surface area contributed by atoms with Gasteiger partial charge in [0.05, 0.1) is 23.2 Å². The molecule has 2 aliphatic carbocycles. The largest absolute Gasteiger partial charge is 0.325 e. The van der Waals surface area contributed by atoms with Crippen LogP contribution in [0, 0.1) is 0 Å². The van der Waals surface area contributed by atoms with E-state index in [1.165, 1.54) is 11.1 Å². The minimum absolute atomic E-state index is 0.153. The fourth-order valence-electron chi connectivity index (χ4n) is 4.96. The number of hydrogen-bond donors (Lipinski definition) is 2. The molecule has 2 fully saturated rings. The third-order valence-corrected chi connectivity index (χ3v) is 7.03. The number of carbonyl (C=O) groups is 1. The standard InChI is InChI=1S/C14H15N5O2.C13H13F2NO/c1-3-19-12(15-2)9(8-4-5-8)6-11(18-19)10-7-16-14(21)17-13(10)20;1-12(14,15)8-16-10-5-3-2-4-9(10)13(6-7-13)11(16)17/h3,6-8H,1,4-5H2,2H3,(H2,16,17,20,21);2-5H,6-8H2,1H3. The lowest BCUT2D eigenvalue weighted by Gasteiger charge is -2.21. The van der Waals surface area contributed by atoms with Crippen molar-refractivity contribution in [2.24, 2.45) is 4.99 Å². The Balaban J connectivity index is 0.000000158. The van der Waals surface area contributed by atoms with E-state index in [0.29, 0.717) is 22.9 Å². The number of aromatic nitrogens is 4. The fraction of sp³-hybridized carbons (Fsp3) is 0.370. The molecule has 2 aromatic heterocycles. The topological polar surface area (TPSA) is 116 Å². The Morgan fingerprint density at radius 3 is 2.53 bits per heavy atom. The summed E-state index contributed by atoms with van der Waals surface area (Å²) in [7, 11) is 1.70. The summed E-state index contributed by atoms with van der Waals surface area (Å²) in [5, 5.41) is 4.36. The number of rotatable bonds is 5. The van der Waals surface area contributed by atoms with Crippen LogP contribution in [-0.2, 0) is 10.2 Å². The molecule has 0 bridgehead atoms. The third kappa shape index (κ3) is 4.64. The molecule has 6 rings (SSSR count). The van der Waals surface area contributed by atoms with Gasteiger partial charge in [-0.3, -0.25) is 19.6 Å². The van der Waals surface area contributed by atoms with Crippen molar-refractivity contribution in [1.29, 1.82) is 0 Å². The molecule has 0 radical (unpaired) electrons. The van der Waals surface area contributed by atoms with E-state index in [1.54, 1.807) is 30.1 Å². The minimum Gasteiger partial charge on any atom is -0.313 e. The van der Waals surface area contributed by atoms with E-state index in [9.17, 15) is 23.2 Å². The molecule has 1 spiro atoms. The minimum atomic E-state index is -2.86. The first-order valence-electron chi connectivity index (χ1n) is 12.4. The smallest absolute Gasteiger partial charge is 0.313 e. The van der Waals surface area contributed by atoms with Crippen molar-refractivity contribution < 1.29 is 13.6 Å². The Morgan fingerprint density at radius 1 is 1.24 bits per heavy atom. The number of benzene rings is 1. The van der Waals surface area contributed by atoms with Gasteiger partial charge in [-0.05, 0) is 49.3 Å². The van der Waals surface area contributed by atoms with Crippen molar-refractivity contribution in [3.63, 3.8) is 0 Å². The number of nitrogens with zero attached hydrogens (tertiary/aromatic N) is 4. The summed E-state index contributed by atoms with van der Waals surface area (Å²) in [6.07, 6.45) is 6.70. The number of aromatic amines is 2. The number of fused-ring (bicyclic) bond motifs is 2. The molecule has 198 valence electrons. The first-order chi connectivity index (χ1) is 18.1. The summed E-state index contributed by atoms with van der Waals surface area (Å²) in [4.78, 5) is 45.4. The number of nitrogens with one attached hydrogen (secondary N) is 2. The zero-order valence-corrected chi connectivity index (χ0v) is 21.1. The number of anilines is 1. The molecule has 9 nitrogen and oxygen atoms in total. The number of H-pyrrole nitrogens is 2. The molecule has 3 aliphatic rings. The van der Waals surface area contributed by atoms with Gasteiger partial charge < -0.3 is 9.88 Å². The Kier molecular flexibility index (Phi) is 6.24. The zero-order chi connectivity index (χ0) is 27.2. The average molecular weight is 523 g/mol. The fourth-order valence-corrected chi connectivity index (χ4v) is 4.96. The maximum Gasteiger partial charge on any atom is 0.325 e. The zero-order valence-electron chi connectivity index (χ0n) is 21.1. The van der Waals surface area contributed by atoms with Gasteiger partial charge in [-0.2, -0.15) is 5.10 Å². The third-order valence-electron chi connectivity index (χ3n) is 7.03. The second-order valence-corrected chi connectivity index (χ2v) is 9.98. The Bertz CT molecular complexity index is 1610. The Labute approximate surface area is 216 Å². The van der Waals surface area contributed by atoms with Crippen LogP contribution < -0.4 is 21.6 Å². The summed E-state index contributed by atoms with van der Waals surface area (Å²) < 4.78 is 27.8. The second-order valence-electron chi connectivity index (χ2n) is 9.98. The molecular weight excluding hydrogens is 494 g/mol. The second kappa shape index (κ2) is 9.30. The predicted octanol–water partition coefficient (Wildman–Crippen LogP) is 3.16. The monoisotopic (exact) mass is 522 g/mol. The lowest BCUT2D eigenvalue weighted by Crippen LogP contribution is -2.39. The molecule has 0 saturated heterocycles. The normalized spacial score (nSPS) is 17.7. The highest BCUT2D eigenvalue weighted by molar-refractivity contribution is 6.10. The molecule has 2 N–H and O–H groups in total. The number of amides is 1. The van der Waals surface area contributed by atoms with Gasteiger partial charge in [0.15, 0.2) is 5.49 Å². The molecule has 1 aromatic carbocycles. The summed E-state index contributed by atoms with van der Waals surface area (Å²) in [6, 6.07) is 9.15. The lowest BCUT2D eigenvalue weighted by atomic mass is 9.98. The number of alkyl halides is 2. The molecule has 11 heteroatoms. The average Bonchev–Trinajstić information content (AvgIpc) is 3.80. The predicted molar refractivity (Wildman–Crippen MR) is 139 cm³/mol. The van der Waals surface area contributed by atoms with Crippen LogP contribution in [-0.4, -0.2) is 45.2 Å². The van der Waals surface area contributed by atoms with Crippen molar-refractivity contribution in [2.75, 3.05) is 18.5 Å². The van der Waals surface area contributed by atoms with Crippen molar-refractivity contribution in [2.45, 2.75) is 49.9 Å². The highest BCUT2D eigenvalue weighted by Gasteiger charge is 2.59. The van der Waals surface area contributed by atoms with Gasteiger partial charge in [0.25, 0.3) is 11.5 Å². The van der Waals surface area contributed by atoms with Gasteiger partial charge in [0, 0.05) is 37.6 Å². The first-order valence-corrected chi connectivity index (χ1v) is 12.4. The van der Waals surface area contributed by atoms with Gasteiger partial charge in [0.1, 0.15) is 0 Å². The summed E-state index contributed by atoms with van der Waals surface area (Å²) in [5.74, 6) is -2.57. The molecule has 38 heavy (non-hydrogen) atoms. The Hall–Kier alpha value is -4.15. The van der Waals surface area contributed by atoms with Crippen LogP contribution in [0.2, 0.25) is 0 Å². The van der Waals surface area contributed by atoms with E-state index in [2.05, 4.69) is 26.6 Å². The van der Waals surface area contributed by atoms with Crippen LogP contribution in [0.15, 0.2) is 57.7 Å². The molecule has 2 saturated carbocycles. The lowest BCUT2D eigenvalue weighted by molar-refractivity contribution is -0.121. The number of halogens is 2. The van der Waals surface area contributed by atoms with Crippen LogP contribution >= 0.6 is 0 Å². The van der Waals surface area contributed by atoms with Crippen molar-refractivity contribution in [3.05, 3.63) is 80.6 Å². The van der Waals surface area contributed by atoms with Crippen LogP contribution in [0.1, 0.15) is 49.7 Å². The molecule has 1 aliphatic heterocycles. The van der Waals surface area contributed by atoms with E-state index in [1.807, 2.05) is 18.2 Å². The highest BCUT2D eigenvalue weighted by atomic mass is 19.3. The molecule has 0 unspecified atom stereocenters. The van der Waals surface area contributed by atoms with E-state index in [-0.39, 0.29) is 5.91 Å². The van der Waals surface area contributed by atoms with Crippen LogP contribution in [0.25, 0.3) is 17.5 Å². The van der Waals surface area contributed by atoms with Crippen molar-refractivity contribution in [1.82, 2.24) is 19.7 Å². The van der Waals surface area contributed by atoms with Gasteiger partial charge in [-0.1, -0.05) is 24.8 Å².